The van der Waals surface area contributed by atoms with Crippen LogP contribution in [0.15, 0.2) is 12.1 Å². The number of methoxy groups -OCH3 is 1. The zero-order chi connectivity index (χ0) is 11.0. The van der Waals surface area contributed by atoms with Crippen molar-refractivity contribution in [1.29, 1.82) is 0 Å². The topological polar surface area (TPSA) is 38.7 Å². The van der Waals surface area contributed by atoms with Gasteiger partial charge in [0.05, 0.1) is 7.11 Å². The molecule has 0 amide bonds. The molecule has 0 aromatic heterocycles. The molecule has 2 unspecified atom stereocenters. The largest absolute Gasteiger partial charge is 0.493 e. The number of ether oxygens (including phenoxy) is 2. The molecule has 1 N–H and O–H groups in total. The van der Waals surface area contributed by atoms with Crippen molar-refractivity contribution in [2.24, 2.45) is 0 Å². The summed E-state index contributed by atoms with van der Waals surface area (Å²) in [7, 11) is 1.62. The Morgan fingerprint density at radius 1 is 1.47 bits per heavy atom. The molecule has 0 saturated heterocycles. The molecule has 3 nitrogen and oxygen atoms in total. The van der Waals surface area contributed by atoms with Gasteiger partial charge in [-0.15, -0.1) is 0 Å². The summed E-state index contributed by atoms with van der Waals surface area (Å²) < 4.78 is 10.7. The second kappa shape index (κ2) is 3.74. The Bertz CT molecular complexity index is 373. The number of aliphatic hydroxyl groups excluding tert-OH is 1. The average Bonchev–Trinajstić information content (AvgIpc) is 2.17. The molecule has 1 aromatic carbocycles. The molecule has 0 radical (unpaired) electrons. The highest BCUT2D eigenvalue weighted by molar-refractivity contribution is 5.53. The number of fused-ring (bicyclic) bond motifs is 1. The highest BCUT2D eigenvalue weighted by Gasteiger charge is 2.27. The molecule has 1 aliphatic rings. The van der Waals surface area contributed by atoms with Gasteiger partial charge in [0.1, 0.15) is 0 Å². The third kappa shape index (κ3) is 1.67. The van der Waals surface area contributed by atoms with Gasteiger partial charge in [-0.05, 0) is 18.4 Å². The lowest BCUT2D eigenvalue weighted by Gasteiger charge is -2.28. The maximum Gasteiger partial charge on any atom is 0.198 e. The molecule has 1 aromatic rings. The van der Waals surface area contributed by atoms with Crippen LogP contribution in [0.4, 0.5) is 0 Å². The maximum absolute atomic E-state index is 9.56. The van der Waals surface area contributed by atoms with Crippen molar-refractivity contribution < 1.29 is 14.6 Å². The summed E-state index contributed by atoms with van der Waals surface area (Å²) in [5.41, 5.74) is 2.14. The first-order valence-corrected chi connectivity index (χ1v) is 5.15. The van der Waals surface area contributed by atoms with Crippen molar-refractivity contribution in [3.63, 3.8) is 0 Å². The summed E-state index contributed by atoms with van der Waals surface area (Å²) in [4.78, 5) is 0. The third-order valence-electron chi connectivity index (χ3n) is 2.88. The van der Waals surface area contributed by atoms with Crippen LogP contribution in [0.3, 0.4) is 0 Å². The van der Waals surface area contributed by atoms with Gasteiger partial charge in [-0.3, -0.25) is 0 Å². The van der Waals surface area contributed by atoms with E-state index in [1.54, 1.807) is 7.11 Å². The number of rotatable bonds is 1. The van der Waals surface area contributed by atoms with Gasteiger partial charge in [0.15, 0.2) is 17.8 Å². The molecule has 3 heteroatoms. The molecule has 0 fully saturated rings. The molecule has 15 heavy (non-hydrogen) atoms. The van der Waals surface area contributed by atoms with E-state index in [1.807, 2.05) is 19.1 Å². The van der Waals surface area contributed by atoms with Gasteiger partial charge in [-0.25, -0.2) is 0 Å². The third-order valence-corrected chi connectivity index (χ3v) is 2.88. The summed E-state index contributed by atoms with van der Waals surface area (Å²) >= 11 is 0. The molecule has 2 atom stereocenters. The van der Waals surface area contributed by atoms with Crippen LogP contribution in [0, 0.1) is 6.92 Å². The van der Waals surface area contributed by atoms with E-state index in [2.05, 4.69) is 6.92 Å². The molecule has 0 bridgehead atoms. The fourth-order valence-electron chi connectivity index (χ4n) is 2.05. The number of hydrogen-bond donors (Lipinski definition) is 1. The minimum atomic E-state index is -0.719. The molecular formula is C12H16O3. The SMILES string of the molecule is COc1c(C)ccc2c1OC(O)CC2C. The van der Waals surface area contributed by atoms with Crippen molar-refractivity contribution in [2.75, 3.05) is 7.11 Å². The van der Waals surface area contributed by atoms with E-state index in [9.17, 15) is 5.11 Å². The maximum atomic E-state index is 9.56. The van der Waals surface area contributed by atoms with Crippen LogP contribution >= 0.6 is 0 Å². The number of benzene rings is 1. The Labute approximate surface area is 89.6 Å². The summed E-state index contributed by atoms with van der Waals surface area (Å²) in [6.07, 6.45) is -0.0811. The number of aryl methyl sites for hydroxylation is 1. The number of hydrogen-bond acceptors (Lipinski definition) is 3. The van der Waals surface area contributed by atoms with Crippen LogP contribution in [-0.4, -0.2) is 18.5 Å². The second-order valence-electron chi connectivity index (χ2n) is 4.04. The standard InChI is InChI=1S/C12H16O3/c1-7-4-5-9-8(2)6-10(13)15-12(9)11(7)14-3/h4-5,8,10,13H,6H2,1-3H3. The predicted molar refractivity (Wildman–Crippen MR) is 57.4 cm³/mol. The molecule has 82 valence electrons. The summed E-state index contributed by atoms with van der Waals surface area (Å²) in [6, 6.07) is 4.07. The molecule has 1 heterocycles. The zero-order valence-corrected chi connectivity index (χ0v) is 9.28. The predicted octanol–water partition coefficient (Wildman–Crippen LogP) is 2.21. The molecule has 0 spiro atoms. The quantitative estimate of drug-likeness (QED) is 0.769. The van der Waals surface area contributed by atoms with Crippen molar-refractivity contribution >= 4 is 0 Å². The lowest BCUT2D eigenvalue weighted by molar-refractivity contribution is -0.0391. The average molecular weight is 208 g/mol. The van der Waals surface area contributed by atoms with E-state index in [0.717, 1.165) is 16.9 Å². The van der Waals surface area contributed by atoms with Gasteiger partial charge >= 0.3 is 0 Å². The lowest BCUT2D eigenvalue weighted by atomic mass is 9.93. The zero-order valence-electron chi connectivity index (χ0n) is 9.28. The second-order valence-corrected chi connectivity index (χ2v) is 4.04. The van der Waals surface area contributed by atoms with Gasteiger partial charge in [0.2, 0.25) is 0 Å². The van der Waals surface area contributed by atoms with E-state index >= 15 is 0 Å². The summed E-state index contributed by atoms with van der Waals surface area (Å²) in [5.74, 6) is 1.74. The van der Waals surface area contributed by atoms with Crippen LogP contribution in [0.2, 0.25) is 0 Å². The molecular weight excluding hydrogens is 192 g/mol. The van der Waals surface area contributed by atoms with E-state index < -0.39 is 6.29 Å². The smallest absolute Gasteiger partial charge is 0.198 e. The lowest BCUT2D eigenvalue weighted by Crippen LogP contribution is -2.24. The normalized spacial score (nSPS) is 24.3. The number of aliphatic hydroxyl groups is 1. The first-order valence-electron chi connectivity index (χ1n) is 5.15. The Morgan fingerprint density at radius 2 is 2.20 bits per heavy atom. The van der Waals surface area contributed by atoms with E-state index in [4.69, 9.17) is 9.47 Å². The molecule has 2 rings (SSSR count). The van der Waals surface area contributed by atoms with Crippen molar-refractivity contribution in [1.82, 2.24) is 0 Å². The molecule has 1 aliphatic heterocycles. The van der Waals surface area contributed by atoms with Gasteiger partial charge in [-0.1, -0.05) is 19.1 Å². The van der Waals surface area contributed by atoms with Gasteiger partial charge in [0.25, 0.3) is 0 Å². The van der Waals surface area contributed by atoms with Crippen molar-refractivity contribution in [2.45, 2.75) is 32.5 Å². The highest BCUT2D eigenvalue weighted by Crippen LogP contribution is 2.43. The molecule has 0 aliphatic carbocycles. The Balaban J connectivity index is 2.54. The fourth-order valence-corrected chi connectivity index (χ4v) is 2.05. The van der Waals surface area contributed by atoms with Gasteiger partial charge in [-0.2, -0.15) is 0 Å². The fraction of sp³-hybridized carbons (Fsp3) is 0.500. The van der Waals surface area contributed by atoms with Gasteiger partial charge < -0.3 is 14.6 Å². The van der Waals surface area contributed by atoms with Crippen LogP contribution in [0.1, 0.15) is 30.4 Å². The van der Waals surface area contributed by atoms with Crippen LogP contribution in [-0.2, 0) is 0 Å². The Hall–Kier alpha value is -1.22. The summed E-state index contributed by atoms with van der Waals surface area (Å²) in [5, 5.41) is 9.56. The highest BCUT2D eigenvalue weighted by atomic mass is 16.6. The van der Waals surface area contributed by atoms with Crippen molar-refractivity contribution in [3.8, 4) is 11.5 Å². The van der Waals surface area contributed by atoms with E-state index in [-0.39, 0.29) is 0 Å². The first-order chi connectivity index (χ1) is 7.13. The van der Waals surface area contributed by atoms with Crippen molar-refractivity contribution in [3.05, 3.63) is 23.3 Å². The Morgan fingerprint density at radius 3 is 2.87 bits per heavy atom. The summed E-state index contributed by atoms with van der Waals surface area (Å²) in [6.45, 7) is 4.05. The monoisotopic (exact) mass is 208 g/mol. The Kier molecular flexibility index (Phi) is 2.57. The molecule has 0 saturated carbocycles. The van der Waals surface area contributed by atoms with Gasteiger partial charge in [0, 0.05) is 12.0 Å². The minimum absolute atomic E-state index is 0.304. The van der Waals surface area contributed by atoms with Crippen LogP contribution in [0.5, 0.6) is 11.5 Å². The first kappa shape index (κ1) is 10.3. The van der Waals surface area contributed by atoms with Crippen LogP contribution < -0.4 is 9.47 Å². The van der Waals surface area contributed by atoms with Crippen LogP contribution in [0.25, 0.3) is 0 Å². The minimum Gasteiger partial charge on any atom is -0.493 e. The van der Waals surface area contributed by atoms with E-state index in [0.29, 0.717) is 18.1 Å². The van der Waals surface area contributed by atoms with E-state index in [1.165, 1.54) is 0 Å².